The molecule has 0 aromatic heterocycles. The predicted octanol–water partition coefficient (Wildman–Crippen LogP) is 5.34. The van der Waals surface area contributed by atoms with Crippen molar-refractivity contribution in [3.05, 3.63) is 11.6 Å². The number of aliphatic hydroxyl groups excluding tert-OH is 5. The minimum Gasteiger partial charge on any atom is -0.388 e. The van der Waals surface area contributed by atoms with E-state index in [0.717, 1.165) is 37.5 Å². The van der Waals surface area contributed by atoms with E-state index in [1.165, 1.54) is 32.1 Å². The van der Waals surface area contributed by atoms with Gasteiger partial charge in [0.1, 0.15) is 36.6 Å². The van der Waals surface area contributed by atoms with Gasteiger partial charge >= 0.3 is 0 Å². The van der Waals surface area contributed by atoms with Gasteiger partial charge in [0.15, 0.2) is 12.6 Å². The highest BCUT2D eigenvalue weighted by Gasteiger charge is 2.68. The molecule has 2 aliphatic heterocycles. The third kappa shape index (κ3) is 5.40. The molecule has 6 fully saturated rings. The summed E-state index contributed by atoms with van der Waals surface area (Å²) in [6, 6.07) is 0. The normalized spacial score (nSPS) is 57.6. The van der Waals surface area contributed by atoms with E-state index in [1.807, 2.05) is 0 Å². The van der Waals surface area contributed by atoms with Crippen LogP contribution < -0.4 is 0 Å². The fourth-order valence-corrected chi connectivity index (χ4v) is 13.5. The molecule has 0 bridgehead atoms. The number of hydrogen-bond acceptors (Lipinski definition) is 9. The summed E-state index contributed by atoms with van der Waals surface area (Å²) in [6.45, 7) is 21.6. The molecule has 5 N–H and O–H groups in total. The molecule has 7 rings (SSSR count). The van der Waals surface area contributed by atoms with Gasteiger partial charge in [-0.1, -0.05) is 67.0 Å². The Labute approximate surface area is 300 Å². The van der Waals surface area contributed by atoms with Crippen molar-refractivity contribution in [1.29, 1.82) is 0 Å². The molecule has 0 radical (unpaired) electrons. The van der Waals surface area contributed by atoms with Crippen LogP contribution in [0.1, 0.15) is 120 Å². The quantitative estimate of drug-likeness (QED) is 0.240. The number of hydrogen-bond donors (Lipinski definition) is 5. The number of rotatable bonds is 5. The summed E-state index contributed by atoms with van der Waals surface area (Å²) in [6.07, 6.45) is 2.92. The molecule has 0 aromatic rings. The van der Waals surface area contributed by atoms with Gasteiger partial charge in [-0.3, -0.25) is 0 Å². The summed E-state index contributed by atoms with van der Waals surface area (Å²) < 4.78 is 24.0. The van der Waals surface area contributed by atoms with Crippen molar-refractivity contribution in [3.8, 4) is 0 Å². The van der Waals surface area contributed by atoms with Crippen LogP contribution in [0.3, 0.4) is 0 Å². The summed E-state index contributed by atoms with van der Waals surface area (Å²) in [4.78, 5) is 0. The Hall–Kier alpha value is -0.620. The first-order valence-electron chi connectivity index (χ1n) is 20.0. The van der Waals surface area contributed by atoms with E-state index in [-0.39, 0.29) is 34.4 Å². The number of aliphatic hydroxyl groups is 5. The van der Waals surface area contributed by atoms with E-state index in [0.29, 0.717) is 23.2 Å². The standard InChI is InChI=1S/C41H68O9/c1-21-12-15-38(6)18-19-40(8)24(29(38)22(21)2)10-11-27-39(7)16-14-28(37(4,5)26(39)13-17-41(27,40)9)50-36-33(45)31(43)25(49-36)20-47-35-34(46)32(44)30(42)23(3)48-35/h10,21-23,25-36,42-46H,11-20H2,1-9H3/t21-,22+,23-,25+,26+,27+,28+,29+,30+,31+,32-,33-,34-,35-,36-,38-,39+,40-,41-/m1/s1. The third-order valence-corrected chi connectivity index (χ3v) is 17.2. The average molecular weight is 705 g/mol. The highest BCUT2D eigenvalue weighted by atomic mass is 16.7. The first-order valence-corrected chi connectivity index (χ1v) is 20.0. The van der Waals surface area contributed by atoms with Crippen LogP contribution in [0.5, 0.6) is 0 Å². The van der Waals surface area contributed by atoms with E-state index in [4.69, 9.17) is 18.9 Å². The zero-order chi connectivity index (χ0) is 36.3. The summed E-state index contributed by atoms with van der Waals surface area (Å²) in [7, 11) is 0. The van der Waals surface area contributed by atoms with Gasteiger partial charge in [0.2, 0.25) is 0 Å². The second-order valence-electron chi connectivity index (χ2n) is 19.8. The van der Waals surface area contributed by atoms with Gasteiger partial charge < -0.3 is 44.5 Å². The molecule has 9 nitrogen and oxygen atoms in total. The molecule has 7 aliphatic rings. The zero-order valence-corrected chi connectivity index (χ0v) is 32.2. The second-order valence-corrected chi connectivity index (χ2v) is 19.8. The maximum Gasteiger partial charge on any atom is 0.186 e. The van der Waals surface area contributed by atoms with Gasteiger partial charge in [-0.25, -0.2) is 0 Å². The molecule has 50 heavy (non-hydrogen) atoms. The van der Waals surface area contributed by atoms with Crippen molar-refractivity contribution < 1.29 is 44.5 Å². The second kappa shape index (κ2) is 12.7. The summed E-state index contributed by atoms with van der Waals surface area (Å²) in [5.74, 6) is 3.25. The average Bonchev–Trinajstić information content (AvgIpc) is 3.32. The van der Waals surface area contributed by atoms with Crippen LogP contribution in [0.4, 0.5) is 0 Å². The smallest absolute Gasteiger partial charge is 0.186 e. The Morgan fingerprint density at radius 1 is 0.720 bits per heavy atom. The Balaban J connectivity index is 1.05. The van der Waals surface area contributed by atoms with Gasteiger partial charge in [0.05, 0.1) is 18.8 Å². The summed E-state index contributed by atoms with van der Waals surface area (Å²) in [5, 5.41) is 52.5. The van der Waals surface area contributed by atoms with E-state index in [9.17, 15) is 25.5 Å². The number of allylic oxidation sites excluding steroid dienone is 2. The largest absolute Gasteiger partial charge is 0.388 e. The third-order valence-electron chi connectivity index (χ3n) is 17.2. The van der Waals surface area contributed by atoms with Crippen molar-refractivity contribution in [3.63, 3.8) is 0 Å². The molecule has 19 atom stereocenters. The Morgan fingerprint density at radius 3 is 2.14 bits per heavy atom. The Kier molecular flexibility index (Phi) is 9.59. The lowest BCUT2D eigenvalue weighted by Crippen LogP contribution is -2.65. The van der Waals surface area contributed by atoms with Gasteiger partial charge in [0, 0.05) is 0 Å². The summed E-state index contributed by atoms with van der Waals surface area (Å²) in [5.41, 5.74) is 2.69. The topological polar surface area (TPSA) is 138 Å². The van der Waals surface area contributed by atoms with Crippen molar-refractivity contribution in [2.45, 2.75) is 182 Å². The van der Waals surface area contributed by atoms with Crippen LogP contribution in [-0.2, 0) is 18.9 Å². The molecule has 2 heterocycles. The molecule has 4 saturated carbocycles. The molecule has 0 aromatic carbocycles. The predicted molar refractivity (Wildman–Crippen MR) is 188 cm³/mol. The summed E-state index contributed by atoms with van der Waals surface area (Å²) >= 11 is 0. The molecule has 9 heteroatoms. The molecule has 286 valence electrons. The highest BCUT2D eigenvalue weighted by Crippen LogP contribution is 2.75. The van der Waals surface area contributed by atoms with Crippen molar-refractivity contribution >= 4 is 0 Å². The molecule has 5 aliphatic carbocycles. The van der Waals surface area contributed by atoms with E-state index in [2.05, 4.69) is 61.5 Å². The van der Waals surface area contributed by atoms with Gasteiger partial charge in [0.25, 0.3) is 0 Å². The zero-order valence-electron chi connectivity index (χ0n) is 32.2. The lowest BCUT2D eigenvalue weighted by Gasteiger charge is -2.71. The fraction of sp³-hybridized carbons (Fsp3) is 0.951. The first-order chi connectivity index (χ1) is 23.3. The van der Waals surface area contributed by atoms with E-state index >= 15 is 0 Å². The number of ether oxygens (including phenoxy) is 4. The molecule has 0 amide bonds. The van der Waals surface area contributed by atoms with Crippen molar-refractivity contribution in [2.24, 2.45) is 56.7 Å². The Morgan fingerprint density at radius 2 is 1.42 bits per heavy atom. The monoisotopic (exact) mass is 704 g/mol. The van der Waals surface area contributed by atoms with Crippen LogP contribution in [0, 0.1) is 56.7 Å². The molecule has 0 unspecified atom stereocenters. The fourth-order valence-electron chi connectivity index (χ4n) is 13.5. The minimum atomic E-state index is -1.46. The van der Waals surface area contributed by atoms with Crippen LogP contribution >= 0.6 is 0 Å². The van der Waals surface area contributed by atoms with Crippen LogP contribution in [0.15, 0.2) is 11.6 Å². The SMILES string of the molecule is C[C@H]1[C@H](C)CC[C@]2(C)CC[C@]3(C)C(=CC[C@H]4[C@@]5(C)CC[C@H](O[C@H]6O[C@@H](CO[C@@H]7O[C@H](C)[C@H](O)[C@@H](O)[C@H]7O)[C@H](O)[C@H]6O)C(C)(C)[C@@H]5CC[C@]43C)[C@H]12. The molecular formula is C41H68O9. The maximum atomic E-state index is 11.1. The van der Waals surface area contributed by atoms with Crippen molar-refractivity contribution in [1.82, 2.24) is 0 Å². The lowest BCUT2D eigenvalue weighted by molar-refractivity contribution is -0.302. The van der Waals surface area contributed by atoms with Gasteiger partial charge in [-0.15, -0.1) is 0 Å². The van der Waals surface area contributed by atoms with E-state index in [1.54, 1.807) is 12.5 Å². The van der Waals surface area contributed by atoms with Crippen LogP contribution in [0.2, 0.25) is 0 Å². The van der Waals surface area contributed by atoms with E-state index < -0.39 is 55.3 Å². The van der Waals surface area contributed by atoms with Crippen molar-refractivity contribution in [2.75, 3.05) is 6.61 Å². The molecular weight excluding hydrogens is 636 g/mol. The Bertz CT molecular complexity index is 1300. The number of fused-ring (bicyclic) bond motifs is 7. The highest BCUT2D eigenvalue weighted by molar-refractivity contribution is 5.33. The minimum absolute atomic E-state index is 0.150. The first kappa shape index (κ1) is 37.7. The molecule has 2 saturated heterocycles. The lowest BCUT2D eigenvalue weighted by atomic mass is 9.33. The maximum absolute atomic E-state index is 11.1. The molecule has 0 spiro atoms. The van der Waals surface area contributed by atoms with Crippen LogP contribution in [0.25, 0.3) is 0 Å². The van der Waals surface area contributed by atoms with Gasteiger partial charge in [-0.05, 0) is 121 Å². The van der Waals surface area contributed by atoms with Crippen LogP contribution in [-0.4, -0.2) is 93.6 Å². The van der Waals surface area contributed by atoms with Gasteiger partial charge in [-0.2, -0.15) is 0 Å².